The Labute approximate surface area is 83.6 Å². The van der Waals surface area contributed by atoms with Crippen LogP contribution < -0.4 is 5.32 Å². The Kier molecular flexibility index (Phi) is 4.69. The fourth-order valence-electron chi connectivity index (χ4n) is 1.80. The maximum atomic E-state index is 4.17. The van der Waals surface area contributed by atoms with Crippen molar-refractivity contribution in [1.82, 2.24) is 5.32 Å². The van der Waals surface area contributed by atoms with Gasteiger partial charge in [-0.15, -0.1) is 0 Å². The molecule has 0 aliphatic rings. The Morgan fingerprint density at radius 1 is 1.31 bits per heavy atom. The smallest absolute Gasteiger partial charge is 0.0297 e. The van der Waals surface area contributed by atoms with Crippen molar-refractivity contribution in [3.05, 3.63) is 12.2 Å². The number of nitrogens with one attached hydrogen (secondary N) is 1. The molecule has 13 heavy (non-hydrogen) atoms. The number of hydrogen-bond acceptors (Lipinski definition) is 1. The zero-order valence-corrected chi connectivity index (χ0v) is 10.1. The minimum atomic E-state index is 0.348. The van der Waals surface area contributed by atoms with E-state index in [2.05, 4.69) is 46.5 Å². The van der Waals surface area contributed by atoms with Crippen LogP contribution in [0.5, 0.6) is 0 Å². The maximum Gasteiger partial charge on any atom is 0.0297 e. The van der Waals surface area contributed by atoms with Crippen LogP contribution in [0, 0.1) is 11.3 Å². The summed E-state index contributed by atoms with van der Waals surface area (Å²) in [4.78, 5) is 0. The molecule has 0 aromatic heterocycles. The van der Waals surface area contributed by atoms with Crippen molar-refractivity contribution >= 4 is 0 Å². The molecule has 1 unspecified atom stereocenters. The summed E-state index contributed by atoms with van der Waals surface area (Å²) in [5.41, 5.74) is 1.67. The summed E-state index contributed by atoms with van der Waals surface area (Å²) in [5.74, 6) is 0.625. The van der Waals surface area contributed by atoms with E-state index in [-0.39, 0.29) is 0 Å². The van der Waals surface area contributed by atoms with Crippen LogP contribution in [0.15, 0.2) is 12.2 Å². The molecule has 0 spiro atoms. The molecule has 0 saturated carbocycles. The van der Waals surface area contributed by atoms with Gasteiger partial charge >= 0.3 is 0 Å². The van der Waals surface area contributed by atoms with Gasteiger partial charge in [0.15, 0.2) is 0 Å². The standard InChI is InChI=1S/C12H25N/c1-9(2)11(13-7)10(3)8-12(4,5)6/h9,11,13H,3,8H2,1-2,4-7H3. The van der Waals surface area contributed by atoms with Crippen LogP contribution >= 0.6 is 0 Å². The van der Waals surface area contributed by atoms with Gasteiger partial charge in [0.05, 0.1) is 0 Å². The quantitative estimate of drug-likeness (QED) is 0.660. The topological polar surface area (TPSA) is 12.0 Å². The third kappa shape index (κ3) is 5.09. The zero-order valence-electron chi connectivity index (χ0n) is 10.1. The Morgan fingerprint density at radius 3 is 2.00 bits per heavy atom. The average molecular weight is 183 g/mol. The van der Waals surface area contributed by atoms with Crippen LogP contribution in [0.4, 0.5) is 0 Å². The normalized spacial score (nSPS) is 14.7. The molecule has 1 heteroatoms. The van der Waals surface area contributed by atoms with Gasteiger partial charge in [0.2, 0.25) is 0 Å². The molecule has 0 aromatic rings. The first kappa shape index (κ1) is 12.7. The first-order valence-electron chi connectivity index (χ1n) is 5.13. The van der Waals surface area contributed by atoms with Crippen LogP contribution in [0.1, 0.15) is 41.0 Å². The van der Waals surface area contributed by atoms with Crippen molar-refractivity contribution in [2.24, 2.45) is 11.3 Å². The first-order valence-corrected chi connectivity index (χ1v) is 5.13. The van der Waals surface area contributed by atoms with Crippen LogP contribution in [0.25, 0.3) is 0 Å². The second-order valence-electron chi connectivity index (χ2n) is 5.41. The van der Waals surface area contributed by atoms with Gasteiger partial charge in [-0.1, -0.05) is 46.8 Å². The summed E-state index contributed by atoms with van der Waals surface area (Å²) < 4.78 is 0. The van der Waals surface area contributed by atoms with Crippen LogP contribution in [-0.2, 0) is 0 Å². The second kappa shape index (κ2) is 4.80. The van der Waals surface area contributed by atoms with E-state index in [9.17, 15) is 0 Å². The fourth-order valence-corrected chi connectivity index (χ4v) is 1.80. The van der Waals surface area contributed by atoms with Crippen LogP contribution in [-0.4, -0.2) is 13.1 Å². The molecule has 1 N–H and O–H groups in total. The predicted octanol–water partition coefficient (Wildman–Crippen LogP) is 3.22. The molecular weight excluding hydrogens is 158 g/mol. The summed E-state index contributed by atoms with van der Waals surface area (Å²) in [5, 5.41) is 3.32. The molecule has 0 bridgehead atoms. The van der Waals surface area contributed by atoms with E-state index in [4.69, 9.17) is 0 Å². The van der Waals surface area contributed by atoms with Gasteiger partial charge in [0, 0.05) is 6.04 Å². The van der Waals surface area contributed by atoms with Gasteiger partial charge in [-0.05, 0) is 24.8 Å². The molecular formula is C12H25N. The highest BCUT2D eigenvalue weighted by atomic mass is 14.9. The Balaban J connectivity index is 4.23. The minimum absolute atomic E-state index is 0.348. The lowest BCUT2D eigenvalue weighted by Crippen LogP contribution is -2.33. The van der Waals surface area contributed by atoms with Crippen molar-refractivity contribution < 1.29 is 0 Å². The third-order valence-corrected chi connectivity index (χ3v) is 2.17. The molecule has 0 aliphatic heterocycles. The number of likely N-dealkylation sites (N-methyl/N-ethyl adjacent to an activating group) is 1. The molecule has 0 radical (unpaired) electrons. The molecule has 0 aliphatic carbocycles. The minimum Gasteiger partial charge on any atom is -0.313 e. The molecule has 0 aromatic carbocycles. The van der Waals surface area contributed by atoms with E-state index < -0.39 is 0 Å². The van der Waals surface area contributed by atoms with Crippen molar-refractivity contribution in [1.29, 1.82) is 0 Å². The van der Waals surface area contributed by atoms with Gasteiger partial charge in [0.1, 0.15) is 0 Å². The van der Waals surface area contributed by atoms with Gasteiger partial charge in [-0.3, -0.25) is 0 Å². The summed E-state index contributed by atoms with van der Waals surface area (Å²) in [6.07, 6.45) is 1.09. The van der Waals surface area contributed by atoms with Gasteiger partial charge in [-0.2, -0.15) is 0 Å². The van der Waals surface area contributed by atoms with E-state index in [0.717, 1.165) is 6.42 Å². The Bertz CT molecular complexity index is 162. The predicted molar refractivity (Wildman–Crippen MR) is 60.9 cm³/mol. The Morgan fingerprint density at radius 2 is 1.77 bits per heavy atom. The monoisotopic (exact) mass is 183 g/mol. The van der Waals surface area contributed by atoms with Crippen LogP contribution in [0.2, 0.25) is 0 Å². The van der Waals surface area contributed by atoms with Crippen molar-refractivity contribution in [2.75, 3.05) is 7.05 Å². The van der Waals surface area contributed by atoms with Crippen molar-refractivity contribution in [2.45, 2.75) is 47.1 Å². The Hall–Kier alpha value is -0.300. The second-order valence-corrected chi connectivity index (χ2v) is 5.41. The average Bonchev–Trinajstić information content (AvgIpc) is 1.82. The van der Waals surface area contributed by atoms with E-state index in [1.807, 2.05) is 7.05 Å². The van der Waals surface area contributed by atoms with Gasteiger partial charge in [-0.25, -0.2) is 0 Å². The zero-order chi connectivity index (χ0) is 10.6. The van der Waals surface area contributed by atoms with E-state index in [1.165, 1.54) is 5.57 Å². The highest BCUT2D eigenvalue weighted by molar-refractivity contribution is 5.08. The highest BCUT2D eigenvalue weighted by Gasteiger charge is 2.19. The first-order chi connectivity index (χ1) is 5.78. The maximum absolute atomic E-state index is 4.17. The molecule has 0 saturated heterocycles. The number of hydrogen-bond donors (Lipinski definition) is 1. The van der Waals surface area contributed by atoms with E-state index >= 15 is 0 Å². The lowest BCUT2D eigenvalue weighted by molar-refractivity contribution is 0.372. The molecule has 0 rings (SSSR count). The van der Waals surface area contributed by atoms with Crippen molar-refractivity contribution in [3.8, 4) is 0 Å². The molecule has 1 atom stereocenters. The summed E-state index contributed by atoms with van der Waals surface area (Å²) in [6, 6.07) is 0.458. The van der Waals surface area contributed by atoms with Gasteiger partial charge < -0.3 is 5.32 Å². The van der Waals surface area contributed by atoms with Crippen molar-refractivity contribution in [3.63, 3.8) is 0 Å². The lowest BCUT2D eigenvalue weighted by atomic mass is 9.83. The summed E-state index contributed by atoms with van der Waals surface area (Å²) >= 11 is 0. The van der Waals surface area contributed by atoms with E-state index in [1.54, 1.807) is 0 Å². The molecule has 0 heterocycles. The van der Waals surface area contributed by atoms with Crippen LogP contribution in [0.3, 0.4) is 0 Å². The highest BCUT2D eigenvalue weighted by Crippen LogP contribution is 2.26. The van der Waals surface area contributed by atoms with Gasteiger partial charge in [0.25, 0.3) is 0 Å². The van der Waals surface area contributed by atoms with E-state index in [0.29, 0.717) is 17.4 Å². The largest absolute Gasteiger partial charge is 0.313 e. The SMILES string of the molecule is C=C(CC(C)(C)C)C(NC)C(C)C. The molecule has 0 fully saturated rings. The molecule has 1 nitrogen and oxygen atoms in total. The third-order valence-electron chi connectivity index (χ3n) is 2.17. The number of rotatable bonds is 4. The fraction of sp³-hybridized carbons (Fsp3) is 0.833. The lowest BCUT2D eigenvalue weighted by Gasteiger charge is -2.28. The summed E-state index contributed by atoms with van der Waals surface area (Å²) in [7, 11) is 2.01. The summed E-state index contributed by atoms with van der Waals surface area (Å²) in [6.45, 7) is 15.4. The molecule has 78 valence electrons. The molecule has 0 amide bonds.